The number of hydrogen-bond donors (Lipinski definition) is 1. The van der Waals surface area contributed by atoms with Crippen molar-refractivity contribution in [2.75, 3.05) is 6.54 Å². The lowest BCUT2D eigenvalue weighted by atomic mass is 9.74. The predicted molar refractivity (Wildman–Crippen MR) is 92.7 cm³/mol. The molecule has 0 saturated carbocycles. The summed E-state index contributed by atoms with van der Waals surface area (Å²) in [5.74, 6) is 0.816. The van der Waals surface area contributed by atoms with Gasteiger partial charge >= 0.3 is 5.69 Å². The maximum absolute atomic E-state index is 13.0. The van der Waals surface area contributed by atoms with Gasteiger partial charge in [-0.05, 0) is 34.7 Å². The van der Waals surface area contributed by atoms with Gasteiger partial charge in [0.2, 0.25) is 0 Å². The van der Waals surface area contributed by atoms with Crippen LogP contribution in [0.4, 0.5) is 0 Å². The summed E-state index contributed by atoms with van der Waals surface area (Å²) in [5, 5.41) is 9.39. The lowest BCUT2D eigenvalue weighted by molar-refractivity contribution is -0.0375. The Morgan fingerprint density at radius 1 is 1.27 bits per heavy atom. The number of tetrazole rings is 1. The van der Waals surface area contributed by atoms with Crippen molar-refractivity contribution in [3.05, 3.63) is 58.5 Å². The summed E-state index contributed by atoms with van der Waals surface area (Å²) in [7, 11) is 1.93. The maximum atomic E-state index is 13.0. The first-order valence-corrected chi connectivity index (χ1v) is 8.27. The number of likely N-dealkylation sites (tertiary alicyclic amines) is 1. The molecule has 0 spiro atoms. The molecule has 134 valence electrons. The van der Waals surface area contributed by atoms with Gasteiger partial charge in [0.1, 0.15) is 5.82 Å². The smallest absolute Gasteiger partial charge is 0.336 e. The van der Waals surface area contributed by atoms with Crippen molar-refractivity contribution in [2.24, 2.45) is 12.5 Å². The van der Waals surface area contributed by atoms with E-state index in [-0.39, 0.29) is 17.4 Å². The molecule has 9 heteroatoms. The van der Waals surface area contributed by atoms with E-state index < -0.39 is 5.69 Å². The lowest BCUT2D eigenvalue weighted by Crippen LogP contribution is -2.58. The van der Waals surface area contributed by atoms with Crippen LogP contribution in [-0.2, 0) is 7.05 Å². The van der Waals surface area contributed by atoms with Crippen LogP contribution in [0, 0.1) is 5.41 Å². The van der Waals surface area contributed by atoms with Gasteiger partial charge in [-0.15, -0.1) is 0 Å². The van der Waals surface area contributed by atoms with Gasteiger partial charge in [0.25, 0.3) is 5.91 Å². The molecule has 9 nitrogen and oxygen atoms in total. The molecule has 3 aromatic rings. The Kier molecular flexibility index (Phi) is 3.53. The Morgan fingerprint density at radius 3 is 2.54 bits per heavy atom. The van der Waals surface area contributed by atoms with Crippen molar-refractivity contribution in [2.45, 2.75) is 19.9 Å². The van der Waals surface area contributed by atoms with Crippen molar-refractivity contribution >= 4 is 5.91 Å². The second-order valence-corrected chi connectivity index (χ2v) is 7.19. The monoisotopic (exact) mass is 353 g/mol. The zero-order valence-corrected chi connectivity index (χ0v) is 14.7. The molecule has 26 heavy (non-hydrogen) atoms. The summed E-state index contributed by atoms with van der Waals surface area (Å²) in [5.41, 5.74) is 0.635. The van der Waals surface area contributed by atoms with Gasteiger partial charge in [0.05, 0.1) is 11.7 Å². The number of aromatic nitrogens is 6. The summed E-state index contributed by atoms with van der Waals surface area (Å²) < 4.78 is 3.09. The number of rotatable bonds is 3. The SMILES string of the molecule is Cn1ccnc1C1N(C(=O)c2ccc(-n3nn[nH]c3=O)cc2)CC1(C)C. The maximum Gasteiger partial charge on any atom is 0.365 e. The van der Waals surface area contributed by atoms with Crippen LogP contribution in [0.5, 0.6) is 0 Å². The zero-order chi connectivity index (χ0) is 18.5. The molecule has 0 aliphatic carbocycles. The molecular weight excluding hydrogens is 334 g/mol. The molecule has 1 amide bonds. The average molecular weight is 353 g/mol. The Balaban J connectivity index is 1.61. The number of nitrogens with zero attached hydrogens (tertiary/aromatic N) is 6. The number of nitrogens with one attached hydrogen (secondary N) is 1. The molecule has 1 aliphatic heterocycles. The highest BCUT2D eigenvalue weighted by Crippen LogP contribution is 2.48. The number of imidazole rings is 1. The number of aryl methyl sites for hydroxylation is 1. The third-order valence-electron chi connectivity index (χ3n) is 4.82. The van der Waals surface area contributed by atoms with E-state index in [9.17, 15) is 9.59 Å². The Bertz CT molecular complexity index is 1010. The fraction of sp³-hybridized carbons (Fsp3) is 0.353. The van der Waals surface area contributed by atoms with Crippen molar-refractivity contribution in [1.82, 2.24) is 34.7 Å². The van der Waals surface area contributed by atoms with E-state index in [0.29, 0.717) is 17.8 Å². The van der Waals surface area contributed by atoms with E-state index in [1.54, 1.807) is 30.5 Å². The highest BCUT2D eigenvalue weighted by molar-refractivity contribution is 5.95. The van der Waals surface area contributed by atoms with Crippen molar-refractivity contribution in [1.29, 1.82) is 0 Å². The minimum atomic E-state index is -0.427. The Labute approximate surface area is 149 Å². The lowest BCUT2D eigenvalue weighted by Gasteiger charge is -2.53. The molecule has 2 aromatic heterocycles. The second kappa shape index (κ2) is 5.65. The van der Waals surface area contributed by atoms with Crippen LogP contribution in [0.2, 0.25) is 0 Å². The third-order valence-corrected chi connectivity index (χ3v) is 4.82. The van der Waals surface area contributed by atoms with Crippen molar-refractivity contribution in [3.8, 4) is 5.69 Å². The molecule has 1 fully saturated rings. The second-order valence-electron chi connectivity index (χ2n) is 7.19. The number of carbonyl (C=O) groups excluding carboxylic acids is 1. The summed E-state index contributed by atoms with van der Waals surface area (Å²) in [6.07, 6.45) is 3.63. The molecule has 1 N–H and O–H groups in total. The van der Waals surface area contributed by atoms with Crippen molar-refractivity contribution in [3.63, 3.8) is 0 Å². The van der Waals surface area contributed by atoms with Crippen LogP contribution < -0.4 is 5.69 Å². The van der Waals surface area contributed by atoms with Gasteiger partial charge in [-0.1, -0.05) is 13.8 Å². The number of hydrogen-bond acceptors (Lipinski definition) is 5. The van der Waals surface area contributed by atoms with Crippen molar-refractivity contribution < 1.29 is 4.79 Å². The normalized spacial score (nSPS) is 18.6. The minimum absolute atomic E-state index is 0.0390. The van der Waals surface area contributed by atoms with Gasteiger partial charge < -0.3 is 9.47 Å². The summed E-state index contributed by atoms with van der Waals surface area (Å²) in [6, 6.07) is 6.67. The van der Waals surface area contributed by atoms with Crippen LogP contribution in [0.3, 0.4) is 0 Å². The quantitative estimate of drug-likeness (QED) is 0.754. The molecule has 0 bridgehead atoms. The molecule has 4 rings (SSSR count). The molecule has 1 saturated heterocycles. The van der Waals surface area contributed by atoms with Crippen LogP contribution in [0.15, 0.2) is 41.5 Å². The van der Waals surface area contributed by atoms with E-state index in [2.05, 4.69) is 34.4 Å². The summed E-state index contributed by atoms with van der Waals surface area (Å²) in [6.45, 7) is 4.93. The van der Waals surface area contributed by atoms with E-state index in [0.717, 1.165) is 10.5 Å². The molecule has 0 radical (unpaired) electrons. The van der Waals surface area contributed by atoms with Gasteiger partial charge in [0, 0.05) is 37.0 Å². The average Bonchev–Trinajstić information content (AvgIpc) is 3.21. The topological polar surface area (TPSA) is 102 Å². The van der Waals surface area contributed by atoms with Gasteiger partial charge in [-0.3, -0.25) is 4.79 Å². The zero-order valence-electron chi connectivity index (χ0n) is 14.7. The number of benzene rings is 1. The number of H-pyrrole nitrogens is 1. The first-order chi connectivity index (χ1) is 12.4. The Hall–Kier alpha value is -3.23. The molecule has 3 heterocycles. The van der Waals surface area contributed by atoms with E-state index >= 15 is 0 Å². The number of amides is 1. The number of aromatic amines is 1. The first-order valence-electron chi connectivity index (χ1n) is 8.27. The van der Waals surface area contributed by atoms with Gasteiger partial charge in [-0.2, -0.15) is 4.68 Å². The molecule has 1 unspecified atom stereocenters. The molecule has 1 atom stereocenters. The first kappa shape index (κ1) is 16.2. The van der Waals surface area contributed by atoms with E-state index in [1.807, 2.05) is 22.7 Å². The van der Waals surface area contributed by atoms with Crippen LogP contribution >= 0.6 is 0 Å². The Morgan fingerprint density at radius 2 is 2.00 bits per heavy atom. The standard InChI is InChI=1S/C17H19N7O2/c1-17(2)10-23(13(17)14-18-8-9-22(14)3)15(25)11-4-6-12(7-5-11)24-16(26)19-20-21-24/h4-9,13H,10H2,1-3H3,(H,19,21,26). The van der Waals surface area contributed by atoms with Crippen LogP contribution in [-0.4, -0.2) is 47.1 Å². The largest absolute Gasteiger partial charge is 0.365 e. The predicted octanol–water partition coefficient (Wildman–Crippen LogP) is 0.912. The highest BCUT2D eigenvalue weighted by atomic mass is 16.2. The third kappa shape index (κ3) is 2.43. The van der Waals surface area contributed by atoms with E-state index in [4.69, 9.17) is 0 Å². The van der Waals surface area contributed by atoms with Crippen LogP contribution in [0.1, 0.15) is 36.1 Å². The fourth-order valence-corrected chi connectivity index (χ4v) is 3.52. The summed E-state index contributed by atoms with van der Waals surface area (Å²) in [4.78, 5) is 30.8. The van der Waals surface area contributed by atoms with E-state index in [1.165, 1.54) is 0 Å². The van der Waals surface area contributed by atoms with Crippen LogP contribution in [0.25, 0.3) is 5.69 Å². The minimum Gasteiger partial charge on any atom is -0.336 e. The van der Waals surface area contributed by atoms with Gasteiger partial charge in [-0.25, -0.2) is 14.9 Å². The van der Waals surface area contributed by atoms with Gasteiger partial charge in [0.15, 0.2) is 0 Å². The number of carbonyl (C=O) groups is 1. The molecule has 1 aromatic carbocycles. The molecule has 1 aliphatic rings. The molecular formula is C17H19N7O2. The fourth-order valence-electron chi connectivity index (χ4n) is 3.52. The summed E-state index contributed by atoms with van der Waals surface area (Å²) >= 11 is 0. The highest BCUT2D eigenvalue weighted by Gasteiger charge is 2.50.